The maximum absolute atomic E-state index is 11.3. The molecule has 3 nitrogen and oxygen atoms in total. The van der Waals surface area contributed by atoms with E-state index in [1.165, 1.54) is 5.56 Å². The monoisotopic (exact) mass is 284 g/mol. The second-order valence-corrected chi connectivity index (χ2v) is 4.52. The molecule has 1 aromatic rings. The quantitative estimate of drug-likeness (QED) is 0.871. The van der Waals surface area contributed by atoms with E-state index in [0.717, 1.165) is 4.47 Å². The van der Waals surface area contributed by atoms with Crippen molar-refractivity contribution in [1.29, 1.82) is 0 Å². The van der Waals surface area contributed by atoms with Crippen LogP contribution in [0.5, 0.6) is 0 Å². The number of halogens is 1. The highest BCUT2D eigenvalue weighted by Crippen LogP contribution is 2.15. The lowest BCUT2D eigenvalue weighted by molar-refractivity contribution is -0.120. The SMILES string of the molecule is CCNC(=O)CNC(C)c1ccc(Br)cc1. The summed E-state index contributed by atoms with van der Waals surface area (Å²) in [5.74, 6) is 0.0338. The van der Waals surface area contributed by atoms with Crippen molar-refractivity contribution in [2.75, 3.05) is 13.1 Å². The van der Waals surface area contributed by atoms with Crippen LogP contribution in [0.2, 0.25) is 0 Å². The van der Waals surface area contributed by atoms with E-state index in [1.807, 2.05) is 38.1 Å². The fourth-order valence-electron chi connectivity index (χ4n) is 1.37. The number of rotatable bonds is 5. The Hall–Kier alpha value is -0.870. The van der Waals surface area contributed by atoms with Crippen molar-refractivity contribution in [2.45, 2.75) is 19.9 Å². The summed E-state index contributed by atoms with van der Waals surface area (Å²) >= 11 is 3.39. The van der Waals surface area contributed by atoms with E-state index in [1.54, 1.807) is 0 Å². The molecular weight excluding hydrogens is 268 g/mol. The van der Waals surface area contributed by atoms with E-state index in [9.17, 15) is 4.79 Å². The van der Waals surface area contributed by atoms with E-state index < -0.39 is 0 Å². The fraction of sp³-hybridized carbons (Fsp3) is 0.417. The normalized spacial score (nSPS) is 12.2. The van der Waals surface area contributed by atoms with Crippen molar-refractivity contribution in [3.05, 3.63) is 34.3 Å². The molecule has 0 spiro atoms. The molecule has 0 saturated carbocycles. The highest BCUT2D eigenvalue weighted by Gasteiger charge is 2.06. The zero-order chi connectivity index (χ0) is 12.0. The molecule has 0 aliphatic carbocycles. The molecule has 0 aromatic heterocycles. The summed E-state index contributed by atoms with van der Waals surface area (Å²) in [7, 11) is 0. The first kappa shape index (κ1) is 13.2. The van der Waals surface area contributed by atoms with Crippen LogP contribution in [0.25, 0.3) is 0 Å². The third kappa shape index (κ3) is 4.33. The second kappa shape index (κ2) is 6.66. The van der Waals surface area contributed by atoms with Crippen molar-refractivity contribution in [3.63, 3.8) is 0 Å². The lowest BCUT2D eigenvalue weighted by Gasteiger charge is -2.13. The Morgan fingerprint density at radius 1 is 1.38 bits per heavy atom. The molecule has 0 aliphatic rings. The van der Waals surface area contributed by atoms with Gasteiger partial charge in [-0.2, -0.15) is 0 Å². The molecule has 1 rings (SSSR count). The standard InChI is InChI=1S/C12H17BrN2O/c1-3-14-12(16)8-15-9(2)10-4-6-11(13)7-5-10/h4-7,9,15H,3,8H2,1-2H3,(H,14,16). The Balaban J connectivity index is 2.43. The van der Waals surface area contributed by atoms with Gasteiger partial charge in [-0.25, -0.2) is 0 Å². The van der Waals surface area contributed by atoms with Crippen LogP contribution < -0.4 is 10.6 Å². The van der Waals surface area contributed by atoms with E-state index in [4.69, 9.17) is 0 Å². The number of nitrogens with one attached hydrogen (secondary N) is 2. The number of carbonyl (C=O) groups excluding carboxylic acids is 1. The number of carbonyl (C=O) groups is 1. The minimum absolute atomic E-state index is 0.0338. The first-order valence-electron chi connectivity index (χ1n) is 5.39. The Bertz CT molecular complexity index is 337. The minimum Gasteiger partial charge on any atom is -0.355 e. The Morgan fingerprint density at radius 2 is 2.00 bits per heavy atom. The van der Waals surface area contributed by atoms with Crippen LogP contribution >= 0.6 is 15.9 Å². The van der Waals surface area contributed by atoms with Crippen LogP contribution in [0.1, 0.15) is 25.5 Å². The van der Waals surface area contributed by atoms with Gasteiger partial charge in [-0.1, -0.05) is 28.1 Å². The topological polar surface area (TPSA) is 41.1 Å². The third-order valence-electron chi connectivity index (χ3n) is 2.31. The molecular formula is C12H17BrN2O. The Kier molecular flexibility index (Phi) is 5.49. The van der Waals surface area contributed by atoms with Gasteiger partial charge in [0, 0.05) is 17.1 Å². The maximum atomic E-state index is 11.3. The van der Waals surface area contributed by atoms with E-state index >= 15 is 0 Å². The van der Waals surface area contributed by atoms with Gasteiger partial charge in [0.1, 0.15) is 0 Å². The highest BCUT2D eigenvalue weighted by molar-refractivity contribution is 9.10. The number of hydrogen-bond donors (Lipinski definition) is 2. The summed E-state index contributed by atoms with van der Waals surface area (Å²) in [5.41, 5.74) is 1.17. The highest BCUT2D eigenvalue weighted by atomic mass is 79.9. The molecule has 1 aromatic carbocycles. The number of benzene rings is 1. The van der Waals surface area contributed by atoms with Gasteiger partial charge < -0.3 is 10.6 Å². The van der Waals surface area contributed by atoms with Gasteiger partial charge in [0.15, 0.2) is 0 Å². The largest absolute Gasteiger partial charge is 0.355 e. The summed E-state index contributed by atoms with van der Waals surface area (Å²) in [6.07, 6.45) is 0. The van der Waals surface area contributed by atoms with Crippen LogP contribution in [-0.4, -0.2) is 19.0 Å². The first-order valence-corrected chi connectivity index (χ1v) is 6.18. The first-order chi connectivity index (χ1) is 7.63. The lowest BCUT2D eigenvalue weighted by atomic mass is 10.1. The second-order valence-electron chi connectivity index (χ2n) is 3.61. The van der Waals surface area contributed by atoms with E-state index in [0.29, 0.717) is 13.1 Å². The molecule has 1 amide bonds. The predicted octanol–water partition coefficient (Wildman–Crippen LogP) is 2.24. The van der Waals surface area contributed by atoms with Crippen LogP contribution in [-0.2, 0) is 4.79 Å². The van der Waals surface area contributed by atoms with Gasteiger partial charge in [0.05, 0.1) is 6.54 Å². The molecule has 0 radical (unpaired) electrons. The molecule has 1 atom stereocenters. The van der Waals surface area contributed by atoms with Crippen molar-refractivity contribution < 1.29 is 4.79 Å². The number of hydrogen-bond acceptors (Lipinski definition) is 2. The van der Waals surface area contributed by atoms with Gasteiger partial charge in [-0.05, 0) is 31.5 Å². The molecule has 2 N–H and O–H groups in total. The summed E-state index contributed by atoms with van der Waals surface area (Å²) < 4.78 is 1.06. The summed E-state index contributed by atoms with van der Waals surface area (Å²) in [6.45, 7) is 4.98. The van der Waals surface area contributed by atoms with Crippen molar-refractivity contribution in [3.8, 4) is 0 Å². The van der Waals surface area contributed by atoms with E-state index in [2.05, 4.69) is 26.6 Å². The smallest absolute Gasteiger partial charge is 0.233 e. The third-order valence-corrected chi connectivity index (χ3v) is 2.84. The van der Waals surface area contributed by atoms with Gasteiger partial charge in [0.2, 0.25) is 5.91 Å². The van der Waals surface area contributed by atoms with Gasteiger partial charge in [-0.15, -0.1) is 0 Å². The van der Waals surface area contributed by atoms with Crippen LogP contribution in [0.4, 0.5) is 0 Å². The fourth-order valence-corrected chi connectivity index (χ4v) is 1.64. The van der Waals surface area contributed by atoms with Crippen molar-refractivity contribution in [1.82, 2.24) is 10.6 Å². The Morgan fingerprint density at radius 3 is 2.56 bits per heavy atom. The van der Waals surface area contributed by atoms with Crippen LogP contribution in [0, 0.1) is 0 Å². The predicted molar refractivity (Wildman–Crippen MR) is 69.2 cm³/mol. The molecule has 0 saturated heterocycles. The molecule has 0 fully saturated rings. The van der Waals surface area contributed by atoms with Crippen molar-refractivity contribution >= 4 is 21.8 Å². The zero-order valence-corrected chi connectivity index (χ0v) is 11.2. The molecule has 16 heavy (non-hydrogen) atoms. The summed E-state index contributed by atoms with van der Waals surface area (Å²) in [4.78, 5) is 11.3. The molecule has 4 heteroatoms. The molecule has 0 aliphatic heterocycles. The minimum atomic E-state index is 0.0338. The van der Waals surface area contributed by atoms with Gasteiger partial charge in [0.25, 0.3) is 0 Å². The maximum Gasteiger partial charge on any atom is 0.233 e. The van der Waals surface area contributed by atoms with Gasteiger partial charge in [-0.3, -0.25) is 4.79 Å². The van der Waals surface area contributed by atoms with Crippen LogP contribution in [0.15, 0.2) is 28.7 Å². The molecule has 1 unspecified atom stereocenters. The average Bonchev–Trinajstić information content (AvgIpc) is 2.27. The number of amides is 1. The summed E-state index contributed by atoms with van der Waals surface area (Å²) in [5, 5.41) is 5.93. The number of likely N-dealkylation sites (N-methyl/N-ethyl adjacent to an activating group) is 1. The zero-order valence-electron chi connectivity index (χ0n) is 9.59. The molecule has 88 valence electrons. The molecule has 0 heterocycles. The van der Waals surface area contributed by atoms with Crippen LogP contribution in [0.3, 0.4) is 0 Å². The van der Waals surface area contributed by atoms with Gasteiger partial charge >= 0.3 is 0 Å². The Labute approximate surface area is 105 Å². The lowest BCUT2D eigenvalue weighted by Crippen LogP contribution is -2.34. The molecule has 0 bridgehead atoms. The average molecular weight is 285 g/mol. The summed E-state index contributed by atoms with van der Waals surface area (Å²) in [6, 6.07) is 8.26. The van der Waals surface area contributed by atoms with Crippen molar-refractivity contribution in [2.24, 2.45) is 0 Å². The van der Waals surface area contributed by atoms with E-state index in [-0.39, 0.29) is 11.9 Å².